The topological polar surface area (TPSA) is 81.3 Å². The first-order valence-corrected chi connectivity index (χ1v) is 10.2. The molecular formula is C23H28FN5O. The number of para-hydroxylation sites is 1. The highest BCUT2D eigenvalue weighted by Crippen LogP contribution is 2.17. The lowest BCUT2D eigenvalue weighted by Gasteiger charge is -2.12. The minimum Gasteiger partial charge on any atom is -0.361 e. The lowest BCUT2D eigenvalue weighted by atomic mass is 10.1. The smallest absolute Gasteiger partial charge is 0.224 e. The molecule has 0 saturated heterocycles. The number of benzene rings is 2. The Bertz CT molecular complexity index is 998. The maximum Gasteiger partial charge on any atom is 0.224 e. The van der Waals surface area contributed by atoms with Crippen molar-refractivity contribution in [2.75, 3.05) is 26.2 Å². The number of rotatable bonds is 9. The fourth-order valence-corrected chi connectivity index (χ4v) is 3.25. The summed E-state index contributed by atoms with van der Waals surface area (Å²) in [6.45, 7) is 4.43. The van der Waals surface area contributed by atoms with Crippen molar-refractivity contribution in [3.8, 4) is 0 Å². The summed E-state index contributed by atoms with van der Waals surface area (Å²) < 4.78 is 13.2. The van der Waals surface area contributed by atoms with Crippen molar-refractivity contribution in [1.29, 1.82) is 0 Å². The van der Waals surface area contributed by atoms with E-state index in [-0.39, 0.29) is 18.1 Å². The van der Waals surface area contributed by atoms with Gasteiger partial charge in [-0.2, -0.15) is 0 Å². The van der Waals surface area contributed by atoms with Gasteiger partial charge in [-0.25, -0.2) is 4.39 Å². The van der Waals surface area contributed by atoms with E-state index >= 15 is 0 Å². The zero-order valence-corrected chi connectivity index (χ0v) is 17.2. The standard InChI is InChI=1S/C23H28FN5O/c1-2-25-23(27-11-10-18-16-29-21-9-4-3-8-20(18)21)28-13-12-26-22(30)15-17-6-5-7-19(24)14-17/h3-9,14,16,29H,2,10-13,15H2,1H3,(H,26,30)(H2,25,27,28). The van der Waals surface area contributed by atoms with E-state index in [2.05, 4.69) is 38.1 Å². The van der Waals surface area contributed by atoms with Gasteiger partial charge in [-0.15, -0.1) is 0 Å². The minimum absolute atomic E-state index is 0.135. The molecule has 1 aromatic heterocycles. The Balaban J connectivity index is 1.41. The molecule has 0 aliphatic carbocycles. The van der Waals surface area contributed by atoms with Crippen LogP contribution in [0.4, 0.5) is 4.39 Å². The van der Waals surface area contributed by atoms with Gasteiger partial charge in [0.25, 0.3) is 0 Å². The molecule has 0 saturated carbocycles. The van der Waals surface area contributed by atoms with Crippen LogP contribution in [0.15, 0.2) is 59.7 Å². The van der Waals surface area contributed by atoms with Crippen molar-refractivity contribution in [1.82, 2.24) is 20.9 Å². The summed E-state index contributed by atoms with van der Waals surface area (Å²) in [5, 5.41) is 10.5. The number of hydrogen-bond acceptors (Lipinski definition) is 2. The Hall–Kier alpha value is -3.35. The van der Waals surface area contributed by atoms with Gasteiger partial charge >= 0.3 is 0 Å². The summed E-state index contributed by atoms with van der Waals surface area (Å²) >= 11 is 0. The Morgan fingerprint density at radius 1 is 1.07 bits per heavy atom. The predicted molar refractivity (Wildman–Crippen MR) is 119 cm³/mol. The first-order chi connectivity index (χ1) is 14.7. The number of H-pyrrole nitrogens is 1. The Labute approximate surface area is 176 Å². The van der Waals surface area contributed by atoms with Crippen molar-refractivity contribution < 1.29 is 9.18 Å². The van der Waals surface area contributed by atoms with Crippen LogP contribution in [0.3, 0.4) is 0 Å². The number of hydrogen-bond donors (Lipinski definition) is 4. The molecular weight excluding hydrogens is 381 g/mol. The van der Waals surface area contributed by atoms with Gasteiger partial charge in [0.1, 0.15) is 5.82 Å². The molecule has 2 aromatic carbocycles. The molecule has 7 heteroatoms. The second kappa shape index (κ2) is 11.0. The Morgan fingerprint density at radius 2 is 1.90 bits per heavy atom. The van der Waals surface area contributed by atoms with Gasteiger partial charge in [-0.1, -0.05) is 30.3 Å². The van der Waals surface area contributed by atoms with Gasteiger partial charge in [0.05, 0.1) is 6.42 Å². The molecule has 1 heterocycles. The molecule has 158 valence electrons. The highest BCUT2D eigenvalue weighted by atomic mass is 19.1. The summed E-state index contributed by atoms with van der Waals surface area (Å²) in [6.07, 6.45) is 3.04. The lowest BCUT2D eigenvalue weighted by Crippen LogP contribution is -2.41. The fraction of sp³-hybridized carbons (Fsp3) is 0.304. The van der Waals surface area contributed by atoms with Crippen LogP contribution in [0.1, 0.15) is 18.1 Å². The lowest BCUT2D eigenvalue weighted by molar-refractivity contribution is -0.120. The second-order valence-corrected chi connectivity index (χ2v) is 6.95. The van der Waals surface area contributed by atoms with E-state index in [0.29, 0.717) is 25.2 Å². The maximum atomic E-state index is 13.2. The molecule has 0 aliphatic heterocycles. The van der Waals surface area contributed by atoms with Crippen molar-refractivity contribution in [3.05, 3.63) is 71.7 Å². The predicted octanol–water partition coefficient (Wildman–Crippen LogP) is 2.76. The van der Waals surface area contributed by atoms with Gasteiger partial charge in [-0.3, -0.25) is 9.79 Å². The van der Waals surface area contributed by atoms with Crippen molar-refractivity contribution >= 4 is 22.8 Å². The first kappa shape index (κ1) is 21.4. The van der Waals surface area contributed by atoms with Gasteiger partial charge < -0.3 is 20.9 Å². The molecule has 6 nitrogen and oxygen atoms in total. The fourth-order valence-electron chi connectivity index (χ4n) is 3.25. The van der Waals surface area contributed by atoms with E-state index in [1.807, 2.05) is 25.3 Å². The number of nitrogens with one attached hydrogen (secondary N) is 4. The highest BCUT2D eigenvalue weighted by molar-refractivity contribution is 5.83. The van der Waals surface area contributed by atoms with Crippen LogP contribution in [0.2, 0.25) is 0 Å². The Morgan fingerprint density at radius 3 is 2.73 bits per heavy atom. The highest BCUT2D eigenvalue weighted by Gasteiger charge is 2.05. The SMILES string of the molecule is CCNC(=NCCc1c[nH]c2ccccc12)NCCNC(=O)Cc1cccc(F)c1. The molecule has 1 amide bonds. The molecule has 0 spiro atoms. The number of aliphatic imine (C=N–C) groups is 1. The molecule has 0 unspecified atom stereocenters. The second-order valence-electron chi connectivity index (χ2n) is 6.95. The number of carbonyl (C=O) groups excluding carboxylic acids is 1. The third kappa shape index (κ3) is 6.34. The zero-order valence-electron chi connectivity index (χ0n) is 17.2. The van der Waals surface area contributed by atoms with E-state index in [4.69, 9.17) is 0 Å². The third-order valence-corrected chi connectivity index (χ3v) is 4.66. The summed E-state index contributed by atoms with van der Waals surface area (Å²) in [6, 6.07) is 14.3. The summed E-state index contributed by atoms with van der Waals surface area (Å²) in [5.41, 5.74) is 3.04. The number of aromatic amines is 1. The summed E-state index contributed by atoms with van der Waals surface area (Å²) in [5.74, 6) is 0.251. The van der Waals surface area contributed by atoms with E-state index in [0.717, 1.165) is 24.4 Å². The first-order valence-electron chi connectivity index (χ1n) is 10.2. The van der Waals surface area contributed by atoms with Crippen LogP contribution in [-0.4, -0.2) is 43.0 Å². The minimum atomic E-state index is -0.332. The van der Waals surface area contributed by atoms with Crippen LogP contribution in [0, 0.1) is 5.82 Å². The normalized spacial score (nSPS) is 11.5. The van der Waals surface area contributed by atoms with Crippen LogP contribution in [0.5, 0.6) is 0 Å². The van der Waals surface area contributed by atoms with E-state index in [1.54, 1.807) is 12.1 Å². The van der Waals surface area contributed by atoms with Crippen LogP contribution < -0.4 is 16.0 Å². The maximum absolute atomic E-state index is 13.2. The molecule has 0 bridgehead atoms. The number of halogens is 1. The largest absolute Gasteiger partial charge is 0.361 e. The number of carbonyl (C=O) groups is 1. The molecule has 4 N–H and O–H groups in total. The summed E-state index contributed by atoms with van der Waals surface area (Å²) in [4.78, 5) is 19.9. The van der Waals surface area contributed by atoms with E-state index < -0.39 is 0 Å². The molecule has 30 heavy (non-hydrogen) atoms. The van der Waals surface area contributed by atoms with Crippen molar-refractivity contribution in [2.24, 2.45) is 4.99 Å². The van der Waals surface area contributed by atoms with Gasteiger partial charge in [0.2, 0.25) is 5.91 Å². The van der Waals surface area contributed by atoms with Crippen LogP contribution >= 0.6 is 0 Å². The van der Waals surface area contributed by atoms with Crippen LogP contribution in [-0.2, 0) is 17.6 Å². The molecule has 0 fully saturated rings. The molecule has 3 aromatic rings. The van der Waals surface area contributed by atoms with E-state index in [1.165, 1.54) is 23.1 Å². The number of fused-ring (bicyclic) bond motifs is 1. The van der Waals surface area contributed by atoms with Crippen LogP contribution in [0.25, 0.3) is 10.9 Å². The van der Waals surface area contributed by atoms with Crippen molar-refractivity contribution in [2.45, 2.75) is 19.8 Å². The zero-order chi connectivity index (χ0) is 21.2. The van der Waals surface area contributed by atoms with Gasteiger partial charge in [0.15, 0.2) is 5.96 Å². The third-order valence-electron chi connectivity index (χ3n) is 4.66. The molecule has 0 aliphatic rings. The Kier molecular flexibility index (Phi) is 7.83. The average molecular weight is 410 g/mol. The van der Waals surface area contributed by atoms with Gasteiger partial charge in [-0.05, 0) is 42.7 Å². The molecule has 0 radical (unpaired) electrons. The monoisotopic (exact) mass is 409 g/mol. The number of guanidine groups is 1. The van der Waals surface area contributed by atoms with Crippen molar-refractivity contribution in [3.63, 3.8) is 0 Å². The number of amides is 1. The number of aromatic nitrogens is 1. The molecule has 0 atom stereocenters. The summed E-state index contributed by atoms with van der Waals surface area (Å²) in [7, 11) is 0. The van der Waals surface area contributed by atoms with E-state index in [9.17, 15) is 9.18 Å². The molecule has 3 rings (SSSR count). The van der Waals surface area contributed by atoms with Gasteiger partial charge in [0, 0.05) is 43.3 Å². The average Bonchev–Trinajstić information content (AvgIpc) is 3.14. The quantitative estimate of drug-likeness (QED) is 0.249. The number of nitrogens with zero attached hydrogens (tertiary/aromatic N) is 1.